The van der Waals surface area contributed by atoms with Gasteiger partial charge in [0.15, 0.2) is 21.0 Å². The van der Waals surface area contributed by atoms with Crippen LogP contribution in [0.25, 0.3) is 0 Å². The summed E-state index contributed by atoms with van der Waals surface area (Å²) in [6.45, 7) is 3.58. The second kappa shape index (κ2) is 17.8. The number of hydrogen-bond acceptors (Lipinski definition) is 9. The van der Waals surface area contributed by atoms with E-state index in [9.17, 15) is 13.0 Å². The molecule has 4 aromatic carbocycles. The lowest BCUT2D eigenvalue weighted by Gasteiger charge is -2.14. The van der Waals surface area contributed by atoms with Gasteiger partial charge in [0.25, 0.3) is 0 Å². The minimum Gasteiger partial charge on any atom is -0.744 e. The maximum Gasteiger partial charge on any atom is 0.199 e. The van der Waals surface area contributed by atoms with Crippen LogP contribution in [-0.4, -0.2) is 35.8 Å². The fourth-order valence-electron chi connectivity index (χ4n) is 5.20. The van der Waals surface area contributed by atoms with Crippen LogP contribution in [0.1, 0.15) is 29.5 Å². The Labute approximate surface area is 307 Å². The molecule has 0 aliphatic carbocycles. The fraction of sp³-hybridized carbons (Fsp3) is 0.171. The van der Waals surface area contributed by atoms with Gasteiger partial charge >= 0.3 is 0 Å². The summed E-state index contributed by atoms with van der Waals surface area (Å²) in [5, 5.41) is 0. The van der Waals surface area contributed by atoms with Crippen molar-refractivity contribution < 1.29 is 31.9 Å². The zero-order chi connectivity index (χ0) is 36.2. The normalized spacial score (nSPS) is 13.9. The van der Waals surface area contributed by atoms with Crippen molar-refractivity contribution in [3.63, 3.8) is 0 Å². The lowest BCUT2D eigenvalue weighted by Crippen LogP contribution is -2.14. The summed E-state index contributed by atoms with van der Waals surface area (Å²) in [5.74, 6) is 2.48. The number of hydrogen-bond donors (Lipinski definition) is 0. The van der Waals surface area contributed by atoms with E-state index in [-0.39, 0.29) is 22.1 Å². The molecule has 3 heterocycles. The van der Waals surface area contributed by atoms with Gasteiger partial charge in [0, 0.05) is 31.2 Å². The number of rotatable bonds is 12. The quantitative estimate of drug-likeness (QED) is 0.0907. The average molecular weight is 735 g/mol. The van der Waals surface area contributed by atoms with E-state index in [0.29, 0.717) is 13.2 Å². The minimum absolute atomic E-state index is 0.154. The van der Waals surface area contributed by atoms with Crippen molar-refractivity contribution in [1.29, 1.82) is 0 Å². The van der Waals surface area contributed by atoms with E-state index >= 15 is 0 Å². The van der Waals surface area contributed by atoms with E-state index in [1.165, 1.54) is 26.8 Å². The maximum absolute atomic E-state index is 10.4. The summed E-state index contributed by atoms with van der Waals surface area (Å²) in [7, 11) is -4.61. The standard InChI is InChI=1S/C34H31N2O4S.C7H8O3S/c1-2-34(37-23-1)40-30-7-13-33(14-8-30)41(31-9-3-28(4-10-31)38-24-26-15-19-35-20-16-26)32-11-5-29(6-12-32)39-25-27-17-21-36-22-18-27;1-6-2-4-7(5-3-6)11(8,9)10/h3-22,34H,1-2,23-25H2;2-5H,1H3,(H,8,9,10)/q+1;/p-1. The van der Waals surface area contributed by atoms with Crippen LogP contribution in [0.3, 0.4) is 0 Å². The highest BCUT2D eigenvalue weighted by Gasteiger charge is 2.29. The van der Waals surface area contributed by atoms with Gasteiger partial charge in [-0.05, 0) is 134 Å². The molecule has 1 aliphatic heterocycles. The SMILES string of the molecule is Cc1ccc(S(=O)(=O)[O-])cc1.c1cc(COc2ccc([S+](c3ccc(OCc4ccncc4)cc3)c3ccc(OC4CCCO4)cc3)cc2)ccn1. The van der Waals surface area contributed by atoms with E-state index in [0.717, 1.165) is 53.4 Å². The Hall–Kier alpha value is -5.20. The average Bonchev–Trinajstić information content (AvgIpc) is 3.69. The van der Waals surface area contributed by atoms with Crippen LogP contribution in [0.2, 0.25) is 0 Å². The van der Waals surface area contributed by atoms with E-state index < -0.39 is 10.1 Å². The predicted octanol–water partition coefficient (Wildman–Crippen LogP) is 8.14. The number of ether oxygens (including phenoxy) is 4. The second-order valence-electron chi connectivity index (χ2n) is 11.8. The molecule has 0 spiro atoms. The third-order valence-corrected chi connectivity index (χ3v) is 11.0. The predicted molar refractivity (Wildman–Crippen MR) is 197 cm³/mol. The molecule has 1 saturated heterocycles. The van der Waals surface area contributed by atoms with Crippen LogP contribution in [0, 0.1) is 6.92 Å². The molecular formula is C41H38N2O7S2. The number of aromatic nitrogens is 2. The van der Waals surface area contributed by atoms with Crippen molar-refractivity contribution in [2.45, 2.75) is 58.9 Å². The lowest BCUT2D eigenvalue weighted by atomic mass is 10.2. The van der Waals surface area contributed by atoms with Gasteiger partial charge in [0.05, 0.1) is 22.4 Å². The van der Waals surface area contributed by atoms with Gasteiger partial charge in [-0.15, -0.1) is 0 Å². The van der Waals surface area contributed by atoms with E-state index in [2.05, 4.69) is 46.4 Å². The zero-order valence-electron chi connectivity index (χ0n) is 28.5. The third kappa shape index (κ3) is 10.7. The molecular weight excluding hydrogens is 697 g/mol. The molecule has 6 aromatic rings. The number of nitrogens with zero attached hydrogens (tertiary/aromatic N) is 2. The Morgan fingerprint density at radius 2 is 1.10 bits per heavy atom. The highest BCUT2D eigenvalue weighted by atomic mass is 32.2. The van der Waals surface area contributed by atoms with Crippen molar-refractivity contribution in [2.24, 2.45) is 0 Å². The molecule has 9 nitrogen and oxygen atoms in total. The van der Waals surface area contributed by atoms with Crippen LogP contribution in [0.15, 0.2) is 166 Å². The summed E-state index contributed by atoms with van der Waals surface area (Å²) in [6.07, 6.45) is 8.92. The largest absolute Gasteiger partial charge is 0.744 e. The Bertz CT molecular complexity index is 1990. The van der Waals surface area contributed by atoms with Gasteiger partial charge in [0.2, 0.25) is 0 Å². The van der Waals surface area contributed by atoms with Crippen LogP contribution >= 0.6 is 0 Å². The third-order valence-electron chi connectivity index (χ3n) is 7.95. The van der Waals surface area contributed by atoms with Gasteiger partial charge in [-0.25, -0.2) is 8.42 Å². The van der Waals surface area contributed by atoms with Crippen molar-refractivity contribution in [2.75, 3.05) is 6.61 Å². The molecule has 266 valence electrons. The first-order valence-corrected chi connectivity index (χ1v) is 19.3. The van der Waals surface area contributed by atoms with Gasteiger partial charge in [0.1, 0.15) is 40.6 Å². The first kappa shape index (κ1) is 36.6. The maximum atomic E-state index is 10.4. The zero-order valence-corrected chi connectivity index (χ0v) is 30.2. The monoisotopic (exact) mass is 734 g/mol. The van der Waals surface area contributed by atoms with Crippen LogP contribution in [0.5, 0.6) is 17.2 Å². The van der Waals surface area contributed by atoms with Gasteiger partial charge in [-0.3, -0.25) is 9.97 Å². The summed E-state index contributed by atoms with van der Waals surface area (Å²) in [5.41, 5.74) is 3.10. The van der Waals surface area contributed by atoms with Gasteiger partial charge < -0.3 is 23.5 Å². The molecule has 1 aliphatic rings. The summed E-state index contributed by atoms with van der Waals surface area (Å²) in [6, 6.07) is 38.7. The first-order valence-electron chi connectivity index (χ1n) is 16.7. The molecule has 11 heteroatoms. The Morgan fingerprint density at radius 1 is 0.654 bits per heavy atom. The topological polar surface area (TPSA) is 120 Å². The molecule has 52 heavy (non-hydrogen) atoms. The number of pyridine rings is 2. The summed E-state index contributed by atoms with van der Waals surface area (Å²) in [4.78, 5) is 11.5. The fourth-order valence-corrected chi connectivity index (χ4v) is 7.71. The molecule has 0 radical (unpaired) electrons. The van der Waals surface area contributed by atoms with E-state index in [1.54, 1.807) is 36.9 Å². The first-order chi connectivity index (χ1) is 25.3. The van der Waals surface area contributed by atoms with Crippen molar-refractivity contribution in [3.8, 4) is 17.2 Å². The molecule has 0 N–H and O–H groups in total. The highest BCUT2D eigenvalue weighted by Crippen LogP contribution is 2.34. The van der Waals surface area contributed by atoms with Gasteiger partial charge in [-0.1, -0.05) is 17.7 Å². The molecule has 1 atom stereocenters. The molecule has 1 fully saturated rings. The Balaban J connectivity index is 0.000000362. The van der Waals surface area contributed by atoms with Gasteiger partial charge in [-0.2, -0.15) is 0 Å². The van der Waals surface area contributed by atoms with Crippen molar-refractivity contribution in [3.05, 3.63) is 163 Å². The van der Waals surface area contributed by atoms with E-state index in [1.807, 2.05) is 67.6 Å². The molecule has 7 rings (SSSR count). The minimum atomic E-state index is -4.27. The van der Waals surface area contributed by atoms with Crippen LogP contribution in [0.4, 0.5) is 0 Å². The lowest BCUT2D eigenvalue weighted by molar-refractivity contribution is -0.0390. The van der Waals surface area contributed by atoms with Crippen molar-refractivity contribution in [1.82, 2.24) is 9.97 Å². The Kier molecular flexibility index (Phi) is 12.5. The Morgan fingerprint density at radius 3 is 1.50 bits per heavy atom. The molecule has 2 aromatic heterocycles. The van der Waals surface area contributed by atoms with Crippen molar-refractivity contribution >= 4 is 21.0 Å². The molecule has 0 amide bonds. The summed E-state index contributed by atoms with van der Waals surface area (Å²) >= 11 is 0. The molecule has 0 bridgehead atoms. The molecule has 0 saturated carbocycles. The number of aryl methyl sites for hydroxylation is 1. The smallest absolute Gasteiger partial charge is 0.199 e. The van der Waals surface area contributed by atoms with Crippen LogP contribution in [-0.2, 0) is 39.0 Å². The second-order valence-corrected chi connectivity index (χ2v) is 15.2. The molecule has 1 unspecified atom stereocenters. The number of benzene rings is 4. The van der Waals surface area contributed by atoms with E-state index in [4.69, 9.17) is 18.9 Å². The highest BCUT2D eigenvalue weighted by molar-refractivity contribution is 7.97. The summed E-state index contributed by atoms with van der Waals surface area (Å²) < 4.78 is 54.9. The van der Waals surface area contributed by atoms with Crippen LogP contribution < -0.4 is 14.2 Å².